The van der Waals surface area contributed by atoms with Crippen molar-refractivity contribution in [3.05, 3.63) is 28.8 Å². The summed E-state index contributed by atoms with van der Waals surface area (Å²) in [7, 11) is 2.99. The first kappa shape index (κ1) is 13.5. The Kier molecular flexibility index (Phi) is 4.97. The summed E-state index contributed by atoms with van der Waals surface area (Å²) in [5.41, 5.74) is 2.32. The van der Waals surface area contributed by atoms with E-state index in [0.717, 1.165) is 16.9 Å². The van der Waals surface area contributed by atoms with E-state index in [0.29, 0.717) is 18.8 Å². The van der Waals surface area contributed by atoms with E-state index in [-0.39, 0.29) is 5.97 Å². The number of aryl methyl sites for hydroxylation is 1. The molecular formula is C13H18O4. The summed E-state index contributed by atoms with van der Waals surface area (Å²) in [5, 5.41) is 0. The number of hydrogen-bond donors (Lipinski definition) is 0. The molecule has 0 atom stereocenters. The topological polar surface area (TPSA) is 44.8 Å². The van der Waals surface area contributed by atoms with Gasteiger partial charge in [0.15, 0.2) is 0 Å². The lowest BCUT2D eigenvalue weighted by Gasteiger charge is -2.14. The molecule has 0 radical (unpaired) electrons. The SMILES string of the molecule is COCCOc1c(C)ccc(C(=O)OC)c1C. The Morgan fingerprint density at radius 1 is 1.18 bits per heavy atom. The Morgan fingerprint density at radius 3 is 2.47 bits per heavy atom. The van der Waals surface area contributed by atoms with Gasteiger partial charge >= 0.3 is 5.97 Å². The molecule has 0 spiro atoms. The summed E-state index contributed by atoms with van der Waals surface area (Å²) < 4.78 is 15.3. The standard InChI is InChI=1S/C13H18O4/c1-9-5-6-11(13(14)16-4)10(2)12(9)17-8-7-15-3/h5-6H,7-8H2,1-4H3. The number of benzene rings is 1. The van der Waals surface area contributed by atoms with E-state index in [2.05, 4.69) is 0 Å². The highest BCUT2D eigenvalue weighted by molar-refractivity contribution is 5.91. The minimum atomic E-state index is -0.348. The molecular weight excluding hydrogens is 220 g/mol. The molecule has 0 N–H and O–H groups in total. The van der Waals surface area contributed by atoms with Crippen LogP contribution in [-0.2, 0) is 9.47 Å². The average Bonchev–Trinajstić information content (AvgIpc) is 2.32. The Balaban J connectivity index is 2.98. The smallest absolute Gasteiger partial charge is 0.338 e. The van der Waals surface area contributed by atoms with Crippen LogP contribution in [0.15, 0.2) is 12.1 Å². The average molecular weight is 238 g/mol. The van der Waals surface area contributed by atoms with E-state index in [4.69, 9.17) is 14.2 Å². The van der Waals surface area contributed by atoms with E-state index in [9.17, 15) is 4.79 Å². The highest BCUT2D eigenvalue weighted by atomic mass is 16.5. The Bertz CT molecular complexity index is 399. The lowest BCUT2D eigenvalue weighted by Crippen LogP contribution is -2.10. The van der Waals surface area contributed by atoms with Crippen molar-refractivity contribution in [2.45, 2.75) is 13.8 Å². The zero-order chi connectivity index (χ0) is 12.8. The van der Waals surface area contributed by atoms with Gasteiger partial charge in [0.05, 0.1) is 19.3 Å². The predicted molar refractivity (Wildman–Crippen MR) is 64.6 cm³/mol. The highest BCUT2D eigenvalue weighted by Gasteiger charge is 2.14. The number of carbonyl (C=O) groups is 1. The van der Waals surface area contributed by atoms with Crippen molar-refractivity contribution < 1.29 is 19.0 Å². The molecule has 1 aromatic rings. The number of carbonyl (C=O) groups excluding carboxylic acids is 1. The summed E-state index contributed by atoms with van der Waals surface area (Å²) in [6, 6.07) is 3.60. The van der Waals surface area contributed by atoms with Gasteiger partial charge in [-0.3, -0.25) is 0 Å². The highest BCUT2D eigenvalue weighted by Crippen LogP contribution is 2.26. The van der Waals surface area contributed by atoms with Crippen LogP contribution >= 0.6 is 0 Å². The molecule has 0 unspecified atom stereocenters. The summed E-state index contributed by atoms with van der Waals surface area (Å²) in [4.78, 5) is 11.5. The van der Waals surface area contributed by atoms with Gasteiger partial charge in [-0.25, -0.2) is 4.79 Å². The first-order chi connectivity index (χ1) is 8.11. The molecule has 0 amide bonds. The zero-order valence-electron chi connectivity index (χ0n) is 10.7. The Morgan fingerprint density at radius 2 is 1.88 bits per heavy atom. The molecule has 0 bridgehead atoms. The van der Waals surface area contributed by atoms with Crippen LogP contribution in [0.2, 0.25) is 0 Å². The number of rotatable bonds is 5. The van der Waals surface area contributed by atoms with Gasteiger partial charge in [0.1, 0.15) is 12.4 Å². The third kappa shape index (κ3) is 3.20. The first-order valence-corrected chi connectivity index (χ1v) is 5.42. The van der Waals surface area contributed by atoms with Gasteiger partial charge in [0.2, 0.25) is 0 Å². The van der Waals surface area contributed by atoms with Crippen molar-refractivity contribution >= 4 is 5.97 Å². The molecule has 0 aliphatic carbocycles. The third-order valence-electron chi connectivity index (χ3n) is 2.54. The maximum atomic E-state index is 11.5. The van der Waals surface area contributed by atoms with E-state index < -0.39 is 0 Å². The van der Waals surface area contributed by atoms with Crippen LogP contribution in [-0.4, -0.2) is 33.4 Å². The van der Waals surface area contributed by atoms with Crippen molar-refractivity contribution in [3.63, 3.8) is 0 Å². The molecule has 4 nitrogen and oxygen atoms in total. The number of methoxy groups -OCH3 is 2. The second-order valence-electron chi connectivity index (χ2n) is 3.72. The molecule has 0 saturated heterocycles. The van der Waals surface area contributed by atoms with Crippen LogP contribution in [0, 0.1) is 13.8 Å². The quantitative estimate of drug-likeness (QED) is 0.582. The van der Waals surface area contributed by atoms with Crippen molar-refractivity contribution in [3.8, 4) is 5.75 Å². The summed E-state index contributed by atoms with van der Waals surface area (Å²) in [6.45, 7) is 4.77. The molecule has 0 aliphatic rings. The van der Waals surface area contributed by atoms with Crippen molar-refractivity contribution in [2.24, 2.45) is 0 Å². The molecule has 1 rings (SSSR count). The molecule has 1 aromatic carbocycles. The lowest BCUT2D eigenvalue weighted by molar-refractivity contribution is 0.0599. The molecule has 0 saturated carbocycles. The molecule has 0 aromatic heterocycles. The maximum Gasteiger partial charge on any atom is 0.338 e. The maximum absolute atomic E-state index is 11.5. The fourth-order valence-electron chi connectivity index (χ4n) is 1.61. The monoisotopic (exact) mass is 238 g/mol. The van der Waals surface area contributed by atoms with Crippen molar-refractivity contribution in [1.29, 1.82) is 0 Å². The molecule has 0 fully saturated rings. The predicted octanol–water partition coefficient (Wildman–Crippen LogP) is 2.12. The van der Waals surface area contributed by atoms with Gasteiger partial charge in [0, 0.05) is 12.7 Å². The van der Waals surface area contributed by atoms with Gasteiger partial charge in [-0.2, -0.15) is 0 Å². The molecule has 94 valence electrons. The van der Waals surface area contributed by atoms with Crippen LogP contribution in [0.3, 0.4) is 0 Å². The van der Waals surface area contributed by atoms with Gasteiger partial charge in [-0.1, -0.05) is 6.07 Å². The number of ether oxygens (including phenoxy) is 3. The molecule has 0 heterocycles. The molecule has 0 aliphatic heterocycles. The first-order valence-electron chi connectivity index (χ1n) is 5.42. The van der Waals surface area contributed by atoms with Crippen LogP contribution in [0.4, 0.5) is 0 Å². The van der Waals surface area contributed by atoms with Gasteiger partial charge < -0.3 is 14.2 Å². The van der Waals surface area contributed by atoms with Crippen molar-refractivity contribution in [1.82, 2.24) is 0 Å². The summed E-state index contributed by atoms with van der Waals surface area (Å²) in [5.74, 6) is 0.379. The number of esters is 1. The lowest BCUT2D eigenvalue weighted by atomic mass is 10.0. The van der Waals surface area contributed by atoms with Crippen LogP contribution < -0.4 is 4.74 Å². The molecule has 4 heteroatoms. The van der Waals surface area contributed by atoms with E-state index in [1.54, 1.807) is 13.2 Å². The Labute approximate surface area is 101 Å². The second-order valence-corrected chi connectivity index (χ2v) is 3.72. The normalized spacial score (nSPS) is 10.1. The van der Waals surface area contributed by atoms with Crippen LogP contribution in [0.1, 0.15) is 21.5 Å². The van der Waals surface area contributed by atoms with E-state index in [1.165, 1.54) is 7.11 Å². The third-order valence-corrected chi connectivity index (χ3v) is 2.54. The van der Waals surface area contributed by atoms with Crippen LogP contribution in [0.25, 0.3) is 0 Å². The summed E-state index contributed by atoms with van der Waals surface area (Å²) >= 11 is 0. The largest absolute Gasteiger partial charge is 0.491 e. The summed E-state index contributed by atoms with van der Waals surface area (Å²) in [6.07, 6.45) is 0. The Hall–Kier alpha value is -1.55. The van der Waals surface area contributed by atoms with Crippen molar-refractivity contribution in [2.75, 3.05) is 27.4 Å². The minimum Gasteiger partial charge on any atom is -0.491 e. The minimum absolute atomic E-state index is 0.348. The zero-order valence-corrected chi connectivity index (χ0v) is 10.7. The second kappa shape index (κ2) is 6.25. The van der Waals surface area contributed by atoms with Gasteiger partial charge in [-0.05, 0) is 25.5 Å². The fourth-order valence-corrected chi connectivity index (χ4v) is 1.61. The van der Waals surface area contributed by atoms with Gasteiger partial charge in [0.25, 0.3) is 0 Å². The fraction of sp³-hybridized carbons (Fsp3) is 0.462. The van der Waals surface area contributed by atoms with Crippen LogP contribution in [0.5, 0.6) is 5.75 Å². The van der Waals surface area contributed by atoms with Gasteiger partial charge in [-0.15, -0.1) is 0 Å². The van der Waals surface area contributed by atoms with E-state index >= 15 is 0 Å². The van der Waals surface area contributed by atoms with E-state index in [1.807, 2.05) is 19.9 Å². The number of hydrogen-bond acceptors (Lipinski definition) is 4. The molecule has 17 heavy (non-hydrogen) atoms.